The van der Waals surface area contributed by atoms with Gasteiger partial charge in [0, 0.05) is 11.3 Å². The van der Waals surface area contributed by atoms with Crippen LogP contribution in [-0.2, 0) is 4.74 Å². The van der Waals surface area contributed by atoms with E-state index >= 15 is 0 Å². The van der Waals surface area contributed by atoms with Crippen molar-refractivity contribution < 1.29 is 14.6 Å². The van der Waals surface area contributed by atoms with Crippen molar-refractivity contribution in [2.24, 2.45) is 0 Å². The summed E-state index contributed by atoms with van der Waals surface area (Å²) in [4.78, 5) is 11.7. The van der Waals surface area contributed by atoms with Gasteiger partial charge in [-0.05, 0) is 49.0 Å². The number of aliphatic hydroxyl groups is 1. The van der Waals surface area contributed by atoms with Gasteiger partial charge in [-0.25, -0.2) is 4.79 Å². The third-order valence-corrected chi connectivity index (χ3v) is 4.07. The van der Waals surface area contributed by atoms with Gasteiger partial charge in [-0.15, -0.1) is 0 Å². The monoisotopic (exact) mass is 259 g/mol. The fourth-order valence-electron chi connectivity index (χ4n) is 3.08. The summed E-state index contributed by atoms with van der Waals surface area (Å²) < 4.78 is 4.78. The molecule has 1 atom stereocenters. The molecule has 1 unspecified atom stereocenters. The number of ether oxygens (including phenoxy) is 1. The molecule has 4 heteroatoms. The van der Waals surface area contributed by atoms with E-state index in [0.29, 0.717) is 5.56 Å². The predicted octanol–water partition coefficient (Wildman–Crippen LogP) is 2.46. The van der Waals surface area contributed by atoms with E-state index in [1.54, 1.807) is 0 Å². The molecule has 1 aromatic carbocycles. The van der Waals surface area contributed by atoms with E-state index in [9.17, 15) is 9.90 Å². The minimum Gasteiger partial charge on any atom is -0.465 e. The topological polar surface area (TPSA) is 58.6 Å². The molecule has 0 fully saturated rings. The number of methoxy groups -OCH3 is 1. The molecule has 0 bridgehead atoms. The molecule has 0 aromatic heterocycles. The summed E-state index contributed by atoms with van der Waals surface area (Å²) in [5, 5.41) is 13.3. The largest absolute Gasteiger partial charge is 0.465 e. The van der Waals surface area contributed by atoms with Gasteiger partial charge in [-0.2, -0.15) is 0 Å². The van der Waals surface area contributed by atoms with E-state index in [2.05, 4.69) is 5.32 Å². The zero-order valence-corrected chi connectivity index (χ0v) is 11.1. The summed E-state index contributed by atoms with van der Waals surface area (Å²) >= 11 is 0. The van der Waals surface area contributed by atoms with Crippen molar-refractivity contribution in [3.05, 3.63) is 34.4 Å². The van der Waals surface area contributed by atoms with Gasteiger partial charge in [0.1, 0.15) is 6.23 Å². The minimum absolute atomic E-state index is 0.345. The van der Waals surface area contributed by atoms with Crippen molar-refractivity contribution in [1.29, 1.82) is 0 Å². The van der Waals surface area contributed by atoms with Crippen LogP contribution in [0.25, 0.3) is 5.57 Å². The van der Waals surface area contributed by atoms with Gasteiger partial charge in [0.15, 0.2) is 0 Å². The number of anilines is 1. The Morgan fingerprint density at radius 3 is 2.95 bits per heavy atom. The summed E-state index contributed by atoms with van der Waals surface area (Å²) in [6.45, 7) is 1.88. The molecule has 0 spiro atoms. The number of carbonyl (C=O) groups excluding carboxylic acids is 1. The highest BCUT2D eigenvalue weighted by atomic mass is 16.5. The number of esters is 1. The Morgan fingerprint density at radius 2 is 2.21 bits per heavy atom. The van der Waals surface area contributed by atoms with Crippen molar-refractivity contribution >= 4 is 17.2 Å². The second-order valence-corrected chi connectivity index (χ2v) is 5.06. The van der Waals surface area contributed by atoms with Crippen LogP contribution in [0.15, 0.2) is 17.7 Å². The van der Waals surface area contributed by atoms with Crippen molar-refractivity contribution in [3.8, 4) is 0 Å². The van der Waals surface area contributed by atoms with E-state index in [1.165, 1.54) is 12.7 Å². The number of allylic oxidation sites excluding steroid dienone is 1. The molecule has 1 aliphatic heterocycles. The lowest BCUT2D eigenvalue weighted by atomic mass is 9.91. The van der Waals surface area contributed by atoms with Crippen LogP contribution in [0.4, 0.5) is 5.69 Å². The zero-order chi connectivity index (χ0) is 13.6. The first-order chi connectivity index (χ1) is 9.13. The third-order valence-electron chi connectivity index (χ3n) is 4.07. The first-order valence-electron chi connectivity index (χ1n) is 6.52. The lowest BCUT2D eigenvalue weighted by molar-refractivity contribution is 0.0600. The van der Waals surface area contributed by atoms with Crippen LogP contribution in [0.1, 0.15) is 40.7 Å². The van der Waals surface area contributed by atoms with E-state index in [1.807, 2.05) is 19.1 Å². The molecule has 3 rings (SSSR count). The van der Waals surface area contributed by atoms with Crippen LogP contribution in [0.5, 0.6) is 0 Å². The molecule has 1 aliphatic carbocycles. The second kappa shape index (κ2) is 4.38. The molecule has 2 N–H and O–H groups in total. The number of fused-ring (bicyclic) bond motifs is 2. The number of carbonyl (C=O) groups is 1. The van der Waals surface area contributed by atoms with Crippen LogP contribution in [0, 0.1) is 6.92 Å². The smallest absolute Gasteiger partial charge is 0.338 e. The number of rotatable bonds is 1. The summed E-state index contributed by atoms with van der Waals surface area (Å²) in [6, 6.07) is 3.76. The highest BCUT2D eigenvalue weighted by Gasteiger charge is 2.30. The molecular weight excluding hydrogens is 242 g/mol. The van der Waals surface area contributed by atoms with Gasteiger partial charge in [-0.3, -0.25) is 0 Å². The van der Waals surface area contributed by atoms with Gasteiger partial charge >= 0.3 is 5.97 Å². The van der Waals surface area contributed by atoms with Crippen LogP contribution in [0.2, 0.25) is 0 Å². The summed E-state index contributed by atoms with van der Waals surface area (Å²) in [6.07, 6.45) is 2.40. The quantitative estimate of drug-likeness (QED) is 0.761. The lowest BCUT2D eigenvalue weighted by Gasteiger charge is -2.28. The van der Waals surface area contributed by atoms with Gasteiger partial charge in [-0.1, -0.05) is 6.07 Å². The summed E-state index contributed by atoms with van der Waals surface area (Å²) in [5.41, 5.74) is 5.68. The van der Waals surface area contributed by atoms with E-state index in [-0.39, 0.29) is 5.97 Å². The Bertz CT molecular complexity index is 589. The minimum atomic E-state index is -0.628. The molecule has 1 aromatic rings. The summed E-state index contributed by atoms with van der Waals surface area (Å²) in [7, 11) is 1.38. The average molecular weight is 259 g/mol. The van der Waals surface area contributed by atoms with Gasteiger partial charge < -0.3 is 15.2 Å². The first-order valence-corrected chi connectivity index (χ1v) is 6.52. The maximum absolute atomic E-state index is 11.7. The average Bonchev–Trinajstić information content (AvgIpc) is 2.89. The predicted molar refractivity (Wildman–Crippen MR) is 72.9 cm³/mol. The van der Waals surface area contributed by atoms with Crippen LogP contribution in [-0.4, -0.2) is 24.4 Å². The van der Waals surface area contributed by atoms with Gasteiger partial charge in [0.2, 0.25) is 0 Å². The van der Waals surface area contributed by atoms with Crippen molar-refractivity contribution in [1.82, 2.24) is 0 Å². The van der Waals surface area contributed by atoms with Crippen molar-refractivity contribution in [3.63, 3.8) is 0 Å². The van der Waals surface area contributed by atoms with Crippen molar-refractivity contribution in [2.45, 2.75) is 32.4 Å². The van der Waals surface area contributed by atoms with Crippen LogP contribution < -0.4 is 5.32 Å². The van der Waals surface area contributed by atoms with E-state index in [0.717, 1.165) is 41.6 Å². The zero-order valence-electron chi connectivity index (χ0n) is 11.1. The number of nitrogens with one attached hydrogen (secondary N) is 1. The molecule has 2 aliphatic rings. The van der Waals surface area contributed by atoms with E-state index in [4.69, 9.17) is 4.74 Å². The van der Waals surface area contributed by atoms with Crippen LogP contribution in [0.3, 0.4) is 0 Å². The molecule has 0 radical (unpaired) electrons. The Hall–Kier alpha value is -1.81. The molecule has 4 nitrogen and oxygen atoms in total. The number of aliphatic hydroxyl groups excluding tert-OH is 1. The number of hydrogen-bond acceptors (Lipinski definition) is 4. The maximum Gasteiger partial charge on any atom is 0.338 e. The second-order valence-electron chi connectivity index (χ2n) is 5.06. The molecular formula is C15H17NO3. The fourth-order valence-corrected chi connectivity index (χ4v) is 3.08. The van der Waals surface area contributed by atoms with Crippen molar-refractivity contribution in [2.75, 3.05) is 12.4 Å². The highest BCUT2D eigenvalue weighted by molar-refractivity contribution is 5.96. The molecule has 0 saturated carbocycles. The Morgan fingerprint density at radius 1 is 1.42 bits per heavy atom. The summed E-state index contributed by atoms with van der Waals surface area (Å²) in [5.74, 6) is -0.345. The maximum atomic E-state index is 11.7. The Labute approximate surface area is 112 Å². The highest BCUT2D eigenvalue weighted by Crippen LogP contribution is 2.44. The third kappa shape index (κ3) is 1.75. The number of hydrogen-bond donors (Lipinski definition) is 2. The Balaban J connectivity index is 2.15. The molecule has 0 amide bonds. The standard InChI is InChI=1S/C15H17NO3/c1-8-9(15(18)19-2)6-7-11-10-4-3-5-12(10)14(17)16-13(8)11/h6-7,14,16-17H,3-5H2,1-2H3. The molecule has 19 heavy (non-hydrogen) atoms. The molecule has 100 valence electrons. The molecule has 1 heterocycles. The number of benzene rings is 1. The SMILES string of the molecule is COC(=O)c1ccc2c(c1C)NC(O)C1=C2CCC1. The normalized spacial score (nSPS) is 20.7. The lowest BCUT2D eigenvalue weighted by Crippen LogP contribution is -2.26. The van der Waals surface area contributed by atoms with E-state index < -0.39 is 6.23 Å². The van der Waals surface area contributed by atoms with Crippen LogP contribution >= 0.6 is 0 Å². The molecule has 0 saturated heterocycles. The van der Waals surface area contributed by atoms with Gasteiger partial charge in [0.25, 0.3) is 0 Å². The van der Waals surface area contributed by atoms with Gasteiger partial charge in [0.05, 0.1) is 12.7 Å². The fraction of sp³-hybridized carbons (Fsp3) is 0.400. The Kier molecular flexibility index (Phi) is 2.82. The first kappa shape index (κ1) is 12.2.